The van der Waals surface area contributed by atoms with Crippen molar-refractivity contribution in [3.05, 3.63) is 29.6 Å². The molecule has 0 aliphatic carbocycles. The van der Waals surface area contributed by atoms with E-state index in [4.69, 9.17) is 10.5 Å². The van der Waals surface area contributed by atoms with E-state index >= 15 is 0 Å². The predicted molar refractivity (Wildman–Crippen MR) is 68.6 cm³/mol. The third-order valence-electron chi connectivity index (χ3n) is 2.58. The van der Waals surface area contributed by atoms with Gasteiger partial charge in [0, 0.05) is 17.7 Å². The predicted octanol–water partition coefficient (Wildman–Crippen LogP) is 3.66. The molecule has 0 amide bonds. The standard InChI is InChI=1S/C14H22FNO/c1-10(16)12-6-5-11(9-13(12)15)17-8-7-14(2,3)4/h5-6,9-10H,7-8,16H2,1-4H3/t10-/m0/s1. The van der Waals surface area contributed by atoms with Gasteiger partial charge in [0.15, 0.2) is 0 Å². The zero-order chi connectivity index (χ0) is 13.1. The molecule has 0 heterocycles. The lowest BCUT2D eigenvalue weighted by Crippen LogP contribution is -2.11. The molecule has 0 spiro atoms. The molecule has 0 saturated heterocycles. The summed E-state index contributed by atoms with van der Waals surface area (Å²) < 4.78 is 19.1. The van der Waals surface area contributed by atoms with Crippen LogP contribution < -0.4 is 10.5 Å². The van der Waals surface area contributed by atoms with E-state index in [1.165, 1.54) is 6.07 Å². The molecule has 1 rings (SSSR count). The lowest BCUT2D eigenvalue weighted by molar-refractivity contribution is 0.242. The largest absolute Gasteiger partial charge is 0.493 e. The maximum absolute atomic E-state index is 13.6. The van der Waals surface area contributed by atoms with Gasteiger partial charge in [-0.15, -0.1) is 0 Å². The Hall–Kier alpha value is -1.09. The number of hydrogen-bond acceptors (Lipinski definition) is 2. The average Bonchev–Trinajstić information content (AvgIpc) is 2.15. The summed E-state index contributed by atoms with van der Waals surface area (Å²) >= 11 is 0. The van der Waals surface area contributed by atoms with Gasteiger partial charge in [-0.05, 0) is 24.8 Å². The SMILES string of the molecule is C[C@H](N)c1ccc(OCCC(C)(C)C)cc1F. The molecule has 17 heavy (non-hydrogen) atoms. The molecular formula is C14H22FNO. The fourth-order valence-corrected chi connectivity index (χ4v) is 1.44. The Kier molecular flexibility index (Phi) is 4.52. The molecule has 2 nitrogen and oxygen atoms in total. The minimum atomic E-state index is -0.298. The molecule has 0 fully saturated rings. The van der Waals surface area contributed by atoms with E-state index in [1.807, 2.05) is 0 Å². The van der Waals surface area contributed by atoms with Crippen LogP contribution in [0, 0.1) is 11.2 Å². The monoisotopic (exact) mass is 239 g/mol. The van der Waals surface area contributed by atoms with Crippen LogP contribution in [0.25, 0.3) is 0 Å². The van der Waals surface area contributed by atoms with Crippen LogP contribution in [0.5, 0.6) is 5.75 Å². The summed E-state index contributed by atoms with van der Waals surface area (Å²) in [6.45, 7) is 8.81. The molecule has 2 N–H and O–H groups in total. The van der Waals surface area contributed by atoms with Crippen molar-refractivity contribution in [2.75, 3.05) is 6.61 Å². The highest BCUT2D eigenvalue weighted by molar-refractivity contribution is 5.30. The minimum Gasteiger partial charge on any atom is -0.493 e. The zero-order valence-corrected chi connectivity index (χ0v) is 11.1. The van der Waals surface area contributed by atoms with E-state index in [0.29, 0.717) is 17.9 Å². The van der Waals surface area contributed by atoms with E-state index < -0.39 is 0 Å². The van der Waals surface area contributed by atoms with Crippen molar-refractivity contribution in [2.24, 2.45) is 11.1 Å². The number of nitrogens with two attached hydrogens (primary N) is 1. The lowest BCUT2D eigenvalue weighted by Gasteiger charge is -2.18. The Bertz CT molecular complexity index is 369. The third kappa shape index (κ3) is 4.73. The first-order valence-electron chi connectivity index (χ1n) is 5.97. The lowest BCUT2D eigenvalue weighted by atomic mass is 9.93. The molecule has 0 aliphatic heterocycles. The van der Waals surface area contributed by atoms with Gasteiger partial charge in [0.2, 0.25) is 0 Å². The fourth-order valence-electron chi connectivity index (χ4n) is 1.44. The summed E-state index contributed by atoms with van der Waals surface area (Å²) in [5.41, 5.74) is 6.39. The Morgan fingerprint density at radius 1 is 1.35 bits per heavy atom. The summed E-state index contributed by atoms with van der Waals surface area (Å²) in [6, 6.07) is 4.57. The van der Waals surface area contributed by atoms with Crippen molar-refractivity contribution < 1.29 is 9.13 Å². The Balaban J connectivity index is 2.59. The molecule has 0 bridgehead atoms. The molecule has 0 radical (unpaired) electrons. The fraction of sp³-hybridized carbons (Fsp3) is 0.571. The van der Waals surface area contributed by atoms with E-state index in [9.17, 15) is 4.39 Å². The van der Waals surface area contributed by atoms with Crippen molar-refractivity contribution in [1.82, 2.24) is 0 Å². The maximum atomic E-state index is 13.6. The number of ether oxygens (including phenoxy) is 1. The van der Waals surface area contributed by atoms with Crippen LogP contribution in [-0.4, -0.2) is 6.61 Å². The quantitative estimate of drug-likeness (QED) is 0.870. The topological polar surface area (TPSA) is 35.2 Å². The molecule has 1 aromatic carbocycles. The van der Waals surface area contributed by atoms with Gasteiger partial charge in [0.1, 0.15) is 11.6 Å². The summed E-state index contributed by atoms with van der Waals surface area (Å²) in [7, 11) is 0. The third-order valence-corrected chi connectivity index (χ3v) is 2.58. The van der Waals surface area contributed by atoms with Gasteiger partial charge in [0.05, 0.1) is 6.61 Å². The van der Waals surface area contributed by atoms with Crippen molar-refractivity contribution in [3.8, 4) is 5.75 Å². The van der Waals surface area contributed by atoms with Crippen molar-refractivity contribution in [2.45, 2.75) is 40.2 Å². The minimum absolute atomic E-state index is 0.226. The summed E-state index contributed by atoms with van der Waals surface area (Å²) in [5.74, 6) is 0.268. The normalized spacial score (nSPS) is 13.5. The highest BCUT2D eigenvalue weighted by Gasteiger charge is 2.11. The van der Waals surface area contributed by atoms with Gasteiger partial charge in [-0.25, -0.2) is 4.39 Å². The van der Waals surface area contributed by atoms with Crippen LogP contribution in [0.1, 0.15) is 45.7 Å². The average molecular weight is 239 g/mol. The second kappa shape index (κ2) is 5.50. The van der Waals surface area contributed by atoms with Gasteiger partial charge in [0.25, 0.3) is 0 Å². The Labute approximate surface area is 103 Å². The number of halogens is 1. The van der Waals surface area contributed by atoms with Gasteiger partial charge in [-0.1, -0.05) is 26.8 Å². The van der Waals surface area contributed by atoms with Crippen LogP contribution in [0.2, 0.25) is 0 Å². The molecule has 1 aromatic rings. The van der Waals surface area contributed by atoms with Crippen LogP contribution >= 0.6 is 0 Å². The Morgan fingerprint density at radius 2 is 2.00 bits per heavy atom. The summed E-state index contributed by atoms with van der Waals surface area (Å²) in [6.07, 6.45) is 0.934. The molecule has 0 saturated carbocycles. The van der Waals surface area contributed by atoms with Crippen LogP contribution in [-0.2, 0) is 0 Å². The van der Waals surface area contributed by atoms with E-state index in [0.717, 1.165) is 6.42 Å². The summed E-state index contributed by atoms with van der Waals surface area (Å²) in [4.78, 5) is 0. The van der Waals surface area contributed by atoms with Gasteiger partial charge in [-0.2, -0.15) is 0 Å². The van der Waals surface area contributed by atoms with Gasteiger partial charge >= 0.3 is 0 Å². The molecule has 96 valence electrons. The van der Waals surface area contributed by atoms with E-state index in [2.05, 4.69) is 20.8 Å². The van der Waals surface area contributed by atoms with Crippen LogP contribution in [0.4, 0.5) is 4.39 Å². The first-order valence-corrected chi connectivity index (χ1v) is 5.97. The first-order chi connectivity index (χ1) is 7.79. The number of hydrogen-bond donors (Lipinski definition) is 1. The molecule has 0 unspecified atom stereocenters. The summed E-state index contributed by atoms with van der Waals surface area (Å²) in [5, 5.41) is 0. The van der Waals surface area contributed by atoms with Gasteiger partial charge < -0.3 is 10.5 Å². The first kappa shape index (κ1) is 14.0. The van der Waals surface area contributed by atoms with E-state index in [1.54, 1.807) is 19.1 Å². The molecule has 3 heteroatoms. The van der Waals surface area contributed by atoms with E-state index in [-0.39, 0.29) is 17.3 Å². The number of benzene rings is 1. The zero-order valence-electron chi connectivity index (χ0n) is 11.1. The molecule has 0 aliphatic rings. The van der Waals surface area contributed by atoms with Crippen molar-refractivity contribution >= 4 is 0 Å². The molecule has 0 aromatic heterocycles. The Morgan fingerprint density at radius 3 is 2.47 bits per heavy atom. The highest BCUT2D eigenvalue weighted by Crippen LogP contribution is 2.22. The maximum Gasteiger partial charge on any atom is 0.131 e. The van der Waals surface area contributed by atoms with Gasteiger partial charge in [-0.3, -0.25) is 0 Å². The molecule has 1 atom stereocenters. The molecular weight excluding hydrogens is 217 g/mol. The second-order valence-electron chi connectivity index (χ2n) is 5.63. The van der Waals surface area contributed by atoms with Crippen molar-refractivity contribution in [1.29, 1.82) is 0 Å². The van der Waals surface area contributed by atoms with Crippen molar-refractivity contribution in [3.63, 3.8) is 0 Å². The van der Waals surface area contributed by atoms with Crippen LogP contribution in [0.3, 0.4) is 0 Å². The smallest absolute Gasteiger partial charge is 0.131 e. The van der Waals surface area contributed by atoms with Crippen LogP contribution in [0.15, 0.2) is 18.2 Å². The number of rotatable bonds is 4. The highest BCUT2D eigenvalue weighted by atomic mass is 19.1. The second-order valence-corrected chi connectivity index (χ2v) is 5.63.